The van der Waals surface area contributed by atoms with Crippen LogP contribution in [-0.4, -0.2) is 16.7 Å². The van der Waals surface area contributed by atoms with Gasteiger partial charge in [0, 0.05) is 36.3 Å². The number of nitrogens with two attached hydrogens (primary N) is 1. The van der Waals surface area contributed by atoms with Gasteiger partial charge < -0.3 is 15.6 Å². The van der Waals surface area contributed by atoms with E-state index >= 15 is 0 Å². The highest BCUT2D eigenvalue weighted by molar-refractivity contribution is 5.91. The van der Waals surface area contributed by atoms with Gasteiger partial charge in [0.2, 0.25) is 0 Å². The van der Waals surface area contributed by atoms with Crippen molar-refractivity contribution < 1.29 is 0 Å². The maximum Gasteiger partial charge on any atom is 0.252 e. The quantitative estimate of drug-likeness (QED) is 0.898. The van der Waals surface area contributed by atoms with Gasteiger partial charge in [0.25, 0.3) is 5.56 Å². The average molecular weight is 273 g/mol. The lowest BCUT2D eigenvalue weighted by atomic mass is 9.88. The van der Waals surface area contributed by atoms with E-state index in [0.717, 1.165) is 16.6 Å². The number of rotatable bonds is 4. The van der Waals surface area contributed by atoms with Crippen LogP contribution < -0.4 is 16.6 Å². The van der Waals surface area contributed by atoms with Gasteiger partial charge in [-0.1, -0.05) is 32.0 Å². The molecule has 0 aliphatic heterocycles. The Balaban J connectivity index is 2.61. The average Bonchev–Trinajstić information content (AvgIpc) is 2.44. The van der Waals surface area contributed by atoms with E-state index in [9.17, 15) is 4.79 Å². The molecule has 1 aromatic heterocycles. The largest absolute Gasteiger partial charge is 0.378 e. The van der Waals surface area contributed by atoms with Gasteiger partial charge in [-0.3, -0.25) is 4.79 Å². The van der Waals surface area contributed by atoms with Crippen LogP contribution in [0.2, 0.25) is 0 Å². The molecule has 108 valence electrons. The standard InChI is InChI=1S/C16H23N3O/c1-11(2)16(3,10-17)18-13-9-15(20)19(4)14-8-6-5-7-12(13)14/h5-9,11,18H,10,17H2,1-4H3. The van der Waals surface area contributed by atoms with Crippen molar-refractivity contribution in [1.82, 2.24) is 4.57 Å². The first-order valence-electron chi connectivity index (χ1n) is 6.96. The molecule has 2 aromatic rings. The summed E-state index contributed by atoms with van der Waals surface area (Å²) in [7, 11) is 1.79. The highest BCUT2D eigenvalue weighted by atomic mass is 16.1. The van der Waals surface area contributed by atoms with Crippen LogP contribution in [0.4, 0.5) is 5.69 Å². The van der Waals surface area contributed by atoms with Crippen LogP contribution in [0.25, 0.3) is 10.9 Å². The van der Waals surface area contributed by atoms with Gasteiger partial charge in [0.15, 0.2) is 0 Å². The van der Waals surface area contributed by atoms with E-state index in [2.05, 4.69) is 26.1 Å². The Morgan fingerprint density at radius 3 is 2.60 bits per heavy atom. The Kier molecular flexibility index (Phi) is 3.86. The SMILES string of the molecule is CC(C)C(C)(CN)Nc1cc(=O)n(C)c2ccccc12. The summed E-state index contributed by atoms with van der Waals surface area (Å²) in [6, 6.07) is 9.55. The van der Waals surface area contributed by atoms with Crippen LogP contribution in [0.5, 0.6) is 0 Å². The van der Waals surface area contributed by atoms with E-state index in [1.165, 1.54) is 0 Å². The number of hydrogen-bond acceptors (Lipinski definition) is 3. The van der Waals surface area contributed by atoms with E-state index in [1.807, 2.05) is 24.3 Å². The summed E-state index contributed by atoms with van der Waals surface area (Å²) in [5.74, 6) is 0.357. The Bertz CT molecular complexity index is 675. The van der Waals surface area contributed by atoms with E-state index < -0.39 is 0 Å². The molecule has 0 radical (unpaired) electrons. The molecule has 1 unspecified atom stereocenters. The lowest BCUT2D eigenvalue weighted by Gasteiger charge is -2.35. The molecule has 4 nitrogen and oxygen atoms in total. The molecule has 20 heavy (non-hydrogen) atoms. The molecular weight excluding hydrogens is 250 g/mol. The van der Waals surface area contributed by atoms with Crippen LogP contribution in [0.15, 0.2) is 35.1 Å². The topological polar surface area (TPSA) is 60.0 Å². The molecule has 1 aromatic carbocycles. The molecule has 4 heteroatoms. The smallest absolute Gasteiger partial charge is 0.252 e. The Hall–Kier alpha value is -1.81. The van der Waals surface area contributed by atoms with Crippen LogP contribution >= 0.6 is 0 Å². The number of benzene rings is 1. The number of nitrogens with zero attached hydrogens (tertiary/aromatic N) is 1. The second-order valence-corrected chi connectivity index (χ2v) is 5.87. The van der Waals surface area contributed by atoms with Gasteiger partial charge in [-0.2, -0.15) is 0 Å². The molecule has 0 amide bonds. The molecular formula is C16H23N3O. The van der Waals surface area contributed by atoms with Gasteiger partial charge >= 0.3 is 0 Å². The molecule has 0 aliphatic rings. The third-order valence-electron chi connectivity index (χ3n) is 4.27. The zero-order valence-electron chi connectivity index (χ0n) is 12.6. The second kappa shape index (κ2) is 5.29. The normalized spacial score (nSPS) is 14.5. The lowest BCUT2D eigenvalue weighted by Crippen LogP contribution is -2.47. The van der Waals surface area contributed by atoms with Crippen LogP contribution in [-0.2, 0) is 7.05 Å². The van der Waals surface area contributed by atoms with Crippen molar-refractivity contribution >= 4 is 16.6 Å². The highest BCUT2D eigenvalue weighted by Gasteiger charge is 2.27. The van der Waals surface area contributed by atoms with Crippen LogP contribution in [0.1, 0.15) is 20.8 Å². The molecule has 1 atom stereocenters. The van der Waals surface area contributed by atoms with Gasteiger partial charge in [-0.15, -0.1) is 0 Å². The Morgan fingerprint density at radius 2 is 2.00 bits per heavy atom. The van der Waals surface area contributed by atoms with Gasteiger partial charge in [0.05, 0.1) is 5.52 Å². The fourth-order valence-corrected chi connectivity index (χ4v) is 2.25. The van der Waals surface area contributed by atoms with Crippen LogP contribution in [0.3, 0.4) is 0 Å². The van der Waals surface area contributed by atoms with Crippen molar-refractivity contribution in [3.8, 4) is 0 Å². The minimum Gasteiger partial charge on any atom is -0.378 e. The minimum absolute atomic E-state index is 0.0191. The number of para-hydroxylation sites is 1. The van der Waals surface area contributed by atoms with E-state index in [4.69, 9.17) is 5.73 Å². The van der Waals surface area contributed by atoms with Gasteiger partial charge in [-0.25, -0.2) is 0 Å². The minimum atomic E-state index is -0.241. The van der Waals surface area contributed by atoms with E-state index in [-0.39, 0.29) is 11.1 Å². The first-order valence-corrected chi connectivity index (χ1v) is 6.96. The summed E-state index contributed by atoms with van der Waals surface area (Å²) in [6.45, 7) is 6.85. The molecule has 3 N–H and O–H groups in total. The van der Waals surface area contributed by atoms with Gasteiger partial charge in [0.1, 0.15) is 0 Å². The predicted molar refractivity (Wildman–Crippen MR) is 85.1 cm³/mol. The fraction of sp³-hybridized carbons (Fsp3) is 0.438. The molecule has 0 fully saturated rings. The zero-order valence-corrected chi connectivity index (χ0v) is 12.6. The molecule has 0 spiro atoms. The number of fused-ring (bicyclic) bond motifs is 1. The first kappa shape index (κ1) is 14.6. The highest BCUT2D eigenvalue weighted by Crippen LogP contribution is 2.27. The Labute approximate surface area is 119 Å². The molecule has 0 bridgehead atoms. The zero-order chi connectivity index (χ0) is 14.9. The summed E-state index contributed by atoms with van der Waals surface area (Å²) in [5, 5.41) is 4.51. The Morgan fingerprint density at radius 1 is 1.35 bits per heavy atom. The van der Waals surface area contributed by atoms with Crippen molar-refractivity contribution in [2.75, 3.05) is 11.9 Å². The maximum atomic E-state index is 12.1. The number of anilines is 1. The summed E-state index contributed by atoms with van der Waals surface area (Å²) in [5.41, 5.74) is 7.44. The third-order valence-corrected chi connectivity index (χ3v) is 4.27. The number of pyridine rings is 1. The fourth-order valence-electron chi connectivity index (χ4n) is 2.25. The van der Waals surface area contributed by atoms with E-state index in [0.29, 0.717) is 12.5 Å². The summed E-state index contributed by atoms with van der Waals surface area (Å²) in [6.07, 6.45) is 0. The lowest BCUT2D eigenvalue weighted by molar-refractivity contribution is 0.383. The molecule has 1 heterocycles. The first-order chi connectivity index (χ1) is 9.39. The second-order valence-electron chi connectivity index (χ2n) is 5.87. The number of nitrogens with one attached hydrogen (secondary N) is 1. The van der Waals surface area contributed by atoms with Gasteiger partial charge in [-0.05, 0) is 18.9 Å². The van der Waals surface area contributed by atoms with Crippen molar-refractivity contribution in [3.05, 3.63) is 40.7 Å². The summed E-state index contributed by atoms with van der Waals surface area (Å²) < 4.78 is 1.66. The third kappa shape index (κ3) is 2.43. The predicted octanol–water partition coefficient (Wildman–Crippen LogP) is 2.32. The van der Waals surface area contributed by atoms with Crippen molar-refractivity contribution in [3.63, 3.8) is 0 Å². The molecule has 0 aliphatic carbocycles. The maximum absolute atomic E-state index is 12.1. The van der Waals surface area contributed by atoms with Crippen molar-refractivity contribution in [1.29, 1.82) is 0 Å². The van der Waals surface area contributed by atoms with Crippen molar-refractivity contribution in [2.45, 2.75) is 26.3 Å². The number of aromatic nitrogens is 1. The molecule has 0 saturated carbocycles. The summed E-state index contributed by atoms with van der Waals surface area (Å²) >= 11 is 0. The van der Waals surface area contributed by atoms with E-state index in [1.54, 1.807) is 17.7 Å². The summed E-state index contributed by atoms with van der Waals surface area (Å²) in [4.78, 5) is 12.1. The van der Waals surface area contributed by atoms with Crippen molar-refractivity contribution in [2.24, 2.45) is 18.7 Å². The number of aryl methyl sites for hydroxylation is 1. The van der Waals surface area contributed by atoms with Crippen LogP contribution in [0, 0.1) is 5.92 Å². The molecule has 0 saturated heterocycles. The monoisotopic (exact) mass is 273 g/mol. The molecule has 2 rings (SSSR count). The number of hydrogen-bond donors (Lipinski definition) is 2.